The minimum atomic E-state index is -3.28. The molecule has 0 bridgehead atoms. The summed E-state index contributed by atoms with van der Waals surface area (Å²) in [5.41, 5.74) is 1.12. The van der Waals surface area contributed by atoms with Crippen LogP contribution in [0.5, 0.6) is 0 Å². The molecule has 0 radical (unpaired) electrons. The predicted molar refractivity (Wildman–Crippen MR) is 98.2 cm³/mol. The van der Waals surface area contributed by atoms with Crippen molar-refractivity contribution in [2.24, 2.45) is 0 Å². The lowest BCUT2D eigenvalue weighted by molar-refractivity contribution is -0.134. The van der Waals surface area contributed by atoms with Gasteiger partial charge in [0, 0.05) is 24.4 Å². The van der Waals surface area contributed by atoms with Gasteiger partial charge in [-0.3, -0.25) is 4.79 Å². The molecule has 7 heteroatoms. The fraction of sp³-hybridized carbons (Fsp3) is 0.389. The molecule has 1 aromatic carbocycles. The minimum absolute atomic E-state index is 0.0124. The van der Waals surface area contributed by atoms with E-state index in [0.29, 0.717) is 18.6 Å². The second kappa shape index (κ2) is 7.66. The first-order valence-electron chi connectivity index (χ1n) is 8.12. The Kier molecular flexibility index (Phi) is 5.54. The van der Waals surface area contributed by atoms with Crippen molar-refractivity contribution in [2.75, 3.05) is 19.3 Å². The third-order valence-electron chi connectivity index (χ3n) is 4.42. The highest BCUT2D eigenvalue weighted by molar-refractivity contribution is 7.98. The minimum Gasteiger partial charge on any atom is -0.468 e. The number of furan rings is 1. The fourth-order valence-corrected chi connectivity index (χ4v) is 4.80. The van der Waals surface area contributed by atoms with Crippen molar-refractivity contribution in [3.05, 3.63) is 54.0 Å². The summed E-state index contributed by atoms with van der Waals surface area (Å²) in [5.74, 6) is 0.353. The molecule has 1 fully saturated rings. The van der Waals surface area contributed by atoms with Crippen LogP contribution in [0, 0.1) is 0 Å². The number of hydrogen-bond donors (Lipinski definition) is 0. The highest BCUT2D eigenvalue weighted by Gasteiger charge is 2.39. The number of sulfone groups is 1. The van der Waals surface area contributed by atoms with Gasteiger partial charge in [0.25, 0.3) is 0 Å². The number of likely N-dealkylation sites (tertiary alicyclic amines) is 1. The molecule has 134 valence electrons. The van der Waals surface area contributed by atoms with Crippen molar-refractivity contribution >= 4 is 27.5 Å². The average Bonchev–Trinajstić information content (AvgIpc) is 3.03. The van der Waals surface area contributed by atoms with E-state index in [-0.39, 0.29) is 24.7 Å². The molecule has 0 N–H and O–H groups in total. The lowest BCUT2D eigenvalue weighted by Gasteiger charge is -2.38. The number of hydrogen-bond acceptors (Lipinski definition) is 5. The largest absolute Gasteiger partial charge is 0.468 e. The van der Waals surface area contributed by atoms with Gasteiger partial charge < -0.3 is 9.32 Å². The number of aryl methyl sites for hydroxylation is 1. The molecule has 0 aliphatic carbocycles. The number of benzene rings is 1. The van der Waals surface area contributed by atoms with E-state index < -0.39 is 15.1 Å². The first-order valence-corrected chi connectivity index (χ1v) is 11.1. The normalized spacial score (nSPS) is 15.2. The van der Waals surface area contributed by atoms with Crippen LogP contribution in [0.3, 0.4) is 0 Å². The van der Waals surface area contributed by atoms with Crippen LogP contribution in [0.25, 0.3) is 0 Å². The highest BCUT2D eigenvalue weighted by atomic mass is 32.2. The summed E-state index contributed by atoms with van der Waals surface area (Å²) in [6.07, 6.45) is 4.57. The molecule has 2 heterocycles. The molecular weight excluding hydrogens is 358 g/mol. The molecule has 1 saturated heterocycles. The standard InChI is InChI=1S/C18H21NO4S2/c1-24-16-7-4-14(5-8-16)6-9-18(20)19-11-17(12-19)25(21,22)13-15-3-2-10-23-15/h2-5,7-8,10,17H,6,9,11-13H2,1H3. The van der Waals surface area contributed by atoms with E-state index in [4.69, 9.17) is 4.42 Å². The van der Waals surface area contributed by atoms with E-state index in [0.717, 1.165) is 5.56 Å². The summed E-state index contributed by atoms with van der Waals surface area (Å²) in [4.78, 5) is 15.0. The Labute approximate surface area is 152 Å². The van der Waals surface area contributed by atoms with Crippen molar-refractivity contribution in [1.29, 1.82) is 0 Å². The monoisotopic (exact) mass is 379 g/mol. The van der Waals surface area contributed by atoms with Crippen LogP contribution in [-0.4, -0.2) is 43.8 Å². The number of amides is 1. The molecule has 0 unspecified atom stereocenters. The molecule has 2 aromatic rings. The quantitative estimate of drug-likeness (QED) is 0.692. The Bertz CT molecular complexity index is 807. The van der Waals surface area contributed by atoms with Gasteiger partial charge in [0.2, 0.25) is 5.91 Å². The Balaban J connectivity index is 1.46. The number of nitrogens with zero attached hydrogens (tertiary/aromatic N) is 1. The Morgan fingerprint density at radius 2 is 1.96 bits per heavy atom. The lowest BCUT2D eigenvalue weighted by Crippen LogP contribution is -2.57. The van der Waals surface area contributed by atoms with Gasteiger partial charge in [-0.05, 0) is 42.5 Å². The molecule has 3 rings (SSSR count). The number of thioether (sulfide) groups is 1. The van der Waals surface area contributed by atoms with Crippen LogP contribution < -0.4 is 0 Å². The van der Waals surface area contributed by atoms with E-state index in [1.54, 1.807) is 28.8 Å². The van der Waals surface area contributed by atoms with E-state index in [1.807, 2.05) is 30.5 Å². The zero-order valence-corrected chi connectivity index (χ0v) is 15.7. The van der Waals surface area contributed by atoms with Crippen LogP contribution >= 0.6 is 11.8 Å². The maximum atomic E-state index is 12.3. The SMILES string of the molecule is CSc1ccc(CCC(=O)N2CC(S(=O)(=O)Cc3ccco3)C2)cc1. The second-order valence-corrected chi connectivity index (χ2v) is 9.32. The van der Waals surface area contributed by atoms with E-state index in [9.17, 15) is 13.2 Å². The summed E-state index contributed by atoms with van der Waals surface area (Å²) in [6.45, 7) is 0.570. The Morgan fingerprint density at radius 1 is 1.24 bits per heavy atom. The van der Waals surface area contributed by atoms with Crippen LogP contribution in [0.15, 0.2) is 52.0 Å². The molecule has 0 atom stereocenters. The van der Waals surface area contributed by atoms with Crippen LogP contribution in [0.2, 0.25) is 0 Å². The second-order valence-electron chi connectivity index (χ2n) is 6.16. The topological polar surface area (TPSA) is 67.6 Å². The van der Waals surface area contributed by atoms with Crippen molar-refractivity contribution in [1.82, 2.24) is 4.90 Å². The first-order chi connectivity index (χ1) is 12.0. The number of carbonyl (C=O) groups is 1. The van der Waals surface area contributed by atoms with Gasteiger partial charge >= 0.3 is 0 Å². The predicted octanol–water partition coefficient (Wildman–Crippen LogP) is 2.76. The molecule has 1 aromatic heterocycles. The molecule has 1 amide bonds. The van der Waals surface area contributed by atoms with Gasteiger partial charge in [-0.1, -0.05) is 12.1 Å². The summed E-state index contributed by atoms with van der Waals surface area (Å²) in [5, 5.41) is -0.484. The molecule has 0 saturated carbocycles. The van der Waals surface area contributed by atoms with Crippen molar-refractivity contribution < 1.29 is 17.6 Å². The third-order valence-corrected chi connectivity index (χ3v) is 7.16. The van der Waals surface area contributed by atoms with Crippen molar-refractivity contribution in [2.45, 2.75) is 28.7 Å². The molecule has 0 spiro atoms. The molecule has 1 aliphatic heterocycles. The van der Waals surface area contributed by atoms with Gasteiger partial charge in [0.15, 0.2) is 9.84 Å². The summed E-state index contributed by atoms with van der Waals surface area (Å²) >= 11 is 1.68. The van der Waals surface area contributed by atoms with E-state index in [2.05, 4.69) is 0 Å². The molecular formula is C18H21NO4S2. The highest BCUT2D eigenvalue weighted by Crippen LogP contribution is 2.22. The lowest BCUT2D eigenvalue weighted by atomic mass is 10.1. The fourth-order valence-electron chi connectivity index (χ4n) is 2.78. The van der Waals surface area contributed by atoms with Gasteiger partial charge in [-0.2, -0.15) is 0 Å². The third kappa shape index (κ3) is 4.46. The molecule has 1 aliphatic rings. The van der Waals surface area contributed by atoms with Crippen LogP contribution in [-0.2, 0) is 26.8 Å². The Hall–Kier alpha value is -1.73. The van der Waals surface area contributed by atoms with Crippen LogP contribution in [0.1, 0.15) is 17.7 Å². The summed E-state index contributed by atoms with van der Waals surface area (Å²) in [6, 6.07) is 11.5. The zero-order chi connectivity index (χ0) is 17.9. The molecule has 25 heavy (non-hydrogen) atoms. The van der Waals surface area contributed by atoms with Gasteiger partial charge in [0.05, 0.1) is 11.5 Å². The van der Waals surface area contributed by atoms with Gasteiger partial charge in [-0.15, -0.1) is 11.8 Å². The van der Waals surface area contributed by atoms with Gasteiger partial charge in [0.1, 0.15) is 11.5 Å². The Morgan fingerprint density at radius 3 is 2.56 bits per heavy atom. The smallest absolute Gasteiger partial charge is 0.222 e. The van der Waals surface area contributed by atoms with E-state index >= 15 is 0 Å². The maximum absolute atomic E-state index is 12.3. The van der Waals surface area contributed by atoms with Crippen molar-refractivity contribution in [3.63, 3.8) is 0 Å². The number of carbonyl (C=O) groups excluding carboxylic acids is 1. The number of rotatable bonds is 7. The van der Waals surface area contributed by atoms with E-state index in [1.165, 1.54) is 11.2 Å². The van der Waals surface area contributed by atoms with Crippen LogP contribution in [0.4, 0.5) is 0 Å². The first kappa shape index (κ1) is 18.1. The maximum Gasteiger partial charge on any atom is 0.222 e. The summed E-state index contributed by atoms with van der Waals surface area (Å²) in [7, 11) is -3.28. The zero-order valence-electron chi connectivity index (χ0n) is 14.1. The molecule has 5 nitrogen and oxygen atoms in total. The van der Waals surface area contributed by atoms with Gasteiger partial charge in [-0.25, -0.2) is 8.42 Å². The summed E-state index contributed by atoms with van der Waals surface area (Å²) < 4.78 is 29.7. The van der Waals surface area contributed by atoms with Crippen molar-refractivity contribution in [3.8, 4) is 0 Å². The average molecular weight is 380 g/mol.